The van der Waals surface area contributed by atoms with Crippen LogP contribution in [0.15, 0.2) is 84.9 Å². The molecule has 3 N–H and O–H groups in total. The molecule has 12 nitrogen and oxygen atoms in total. The number of esters is 1. The third-order valence-electron chi connectivity index (χ3n) is 8.25. The number of aromatic nitrogens is 1. The summed E-state index contributed by atoms with van der Waals surface area (Å²) in [5, 5.41) is 34.0. The third kappa shape index (κ3) is 11.7. The number of anilines is 1. The van der Waals surface area contributed by atoms with Crippen LogP contribution in [0.4, 0.5) is 10.1 Å². The van der Waals surface area contributed by atoms with Crippen LogP contribution in [-0.4, -0.2) is 70.4 Å². The van der Waals surface area contributed by atoms with Crippen LogP contribution in [0.2, 0.25) is 0 Å². The van der Waals surface area contributed by atoms with E-state index >= 15 is 0 Å². The normalized spacial score (nSPS) is 12.3. The summed E-state index contributed by atoms with van der Waals surface area (Å²) < 4.78 is 26.7. The van der Waals surface area contributed by atoms with Crippen molar-refractivity contribution in [2.75, 3.05) is 31.7 Å². The van der Waals surface area contributed by atoms with E-state index in [1.165, 1.54) is 12.1 Å². The Morgan fingerprint density at radius 1 is 0.865 bits per heavy atom. The molecule has 2 unspecified atom stereocenters. The zero-order valence-electron chi connectivity index (χ0n) is 29.4. The van der Waals surface area contributed by atoms with Crippen LogP contribution >= 0.6 is 0 Å². The van der Waals surface area contributed by atoms with E-state index in [1.54, 1.807) is 12.1 Å². The standard InChI is InChI=1S/C39H46FN3O9/c1-27(2)37-36(39(47)41-31-13-7-4-8-14-31)35(28-11-5-3-6-12-28)38(29-15-17-30(40)18-16-29)42(37)20-19-32(44)25-33(45)26-34(46)51-23-9-21-50-22-10-24-52-43(48)49/h3-8,11-18,27,32-33,44-45H,9-10,19-26H2,1-2H3,(H,41,47). The molecule has 4 aromatic rings. The SMILES string of the molecule is CC(C)c1c(C(=O)Nc2ccccc2)c(-c2ccccc2)c(-c2ccc(F)cc2)n1CCC(O)CC(O)CC(=O)OCCCOCCCO[N+](=O)[O-]. The summed E-state index contributed by atoms with van der Waals surface area (Å²) >= 11 is 0. The molecule has 278 valence electrons. The van der Waals surface area contributed by atoms with Crippen molar-refractivity contribution < 1.29 is 43.6 Å². The minimum atomic E-state index is -1.15. The van der Waals surface area contributed by atoms with Gasteiger partial charge >= 0.3 is 5.97 Å². The number of ether oxygens (including phenoxy) is 2. The molecular formula is C39H46FN3O9. The molecular weight excluding hydrogens is 673 g/mol. The fraction of sp³-hybridized carbons (Fsp3) is 0.385. The van der Waals surface area contributed by atoms with Crippen molar-refractivity contribution in [1.29, 1.82) is 0 Å². The quantitative estimate of drug-likeness (QED) is 0.0365. The maximum absolute atomic E-state index is 14.2. The fourth-order valence-corrected chi connectivity index (χ4v) is 6.00. The number of hydrogen-bond acceptors (Lipinski definition) is 9. The van der Waals surface area contributed by atoms with E-state index in [-0.39, 0.29) is 64.1 Å². The molecule has 0 spiro atoms. The number of amides is 1. The first-order valence-electron chi connectivity index (χ1n) is 17.4. The summed E-state index contributed by atoms with van der Waals surface area (Å²) in [4.78, 5) is 40.9. The molecule has 0 aliphatic heterocycles. The van der Waals surface area contributed by atoms with Gasteiger partial charge in [-0.25, -0.2) is 4.39 Å². The van der Waals surface area contributed by atoms with Gasteiger partial charge in [0, 0.05) is 43.1 Å². The molecule has 0 fully saturated rings. The van der Waals surface area contributed by atoms with Crippen LogP contribution in [0.3, 0.4) is 0 Å². The highest BCUT2D eigenvalue weighted by atomic mass is 19.1. The van der Waals surface area contributed by atoms with E-state index in [0.29, 0.717) is 40.9 Å². The highest BCUT2D eigenvalue weighted by Crippen LogP contribution is 2.42. The lowest BCUT2D eigenvalue weighted by molar-refractivity contribution is -0.757. The summed E-state index contributed by atoms with van der Waals surface area (Å²) in [6, 6.07) is 24.7. The molecule has 2 atom stereocenters. The Bertz CT molecular complexity index is 1730. The zero-order chi connectivity index (χ0) is 37.5. The second kappa shape index (κ2) is 20.1. The summed E-state index contributed by atoms with van der Waals surface area (Å²) in [5.74, 6) is -1.46. The van der Waals surface area contributed by atoms with Gasteiger partial charge < -0.3 is 34.4 Å². The highest BCUT2D eigenvalue weighted by molar-refractivity contribution is 6.12. The molecule has 0 bridgehead atoms. The molecule has 52 heavy (non-hydrogen) atoms. The number of halogens is 1. The Balaban J connectivity index is 1.49. The summed E-state index contributed by atoms with van der Waals surface area (Å²) in [5.41, 5.74) is 4.69. The molecule has 4 rings (SSSR count). The number of hydrogen-bond donors (Lipinski definition) is 3. The Morgan fingerprint density at radius 3 is 2.13 bits per heavy atom. The zero-order valence-corrected chi connectivity index (χ0v) is 29.4. The smallest absolute Gasteiger partial charge is 0.308 e. The third-order valence-corrected chi connectivity index (χ3v) is 8.25. The number of nitrogens with one attached hydrogen (secondary N) is 1. The van der Waals surface area contributed by atoms with Crippen molar-refractivity contribution in [3.8, 4) is 22.4 Å². The van der Waals surface area contributed by atoms with Gasteiger partial charge in [-0.2, -0.15) is 0 Å². The molecule has 1 heterocycles. The first-order chi connectivity index (χ1) is 25.0. The van der Waals surface area contributed by atoms with E-state index in [4.69, 9.17) is 9.47 Å². The van der Waals surface area contributed by atoms with Crippen LogP contribution in [0.1, 0.15) is 67.9 Å². The predicted molar refractivity (Wildman–Crippen MR) is 194 cm³/mol. The van der Waals surface area contributed by atoms with E-state index < -0.39 is 29.1 Å². The van der Waals surface area contributed by atoms with Gasteiger partial charge in [0.15, 0.2) is 0 Å². The van der Waals surface area contributed by atoms with Crippen molar-refractivity contribution in [2.24, 2.45) is 0 Å². The average molecular weight is 720 g/mol. The van der Waals surface area contributed by atoms with E-state index in [9.17, 15) is 34.3 Å². The van der Waals surface area contributed by atoms with Gasteiger partial charge in [0.05, 0.1) is 43.1 Å². The lowest BCUT2D eigenvalue weighted by Crippen LogP contribution is -2.24. The first kappa shape index (κ1) is 39.7. The number of carbonyl (C=O) groups is 2. The predicted octanol–water partition coefficient (Wildman–Crippen LogP) is 6.78. The molecule has 0 saturated heterocycles. The molecule has 3 aromatic carbocycles. The number of para-hydroxylation sites is 1. The highest BCUT2D eigenvalue weighted by Gasteiger charge is 2.31. The number of nitrogens with zero attached hydrogens (tertiary/aromatic N) is 2. The Hall–Kier alpha value is -5.11. The van der Waals surface area contributed by atoms with E-state index in [0.717, 1.165) is 11.3 Å². The largest absolute Gasteiger partial charge is 0.466 e. The molecule has 0 aliphatic rings. The molecule has 1 amide bonds. The summed E-state index contributed by atoms with van der Waals surface area (Å²) in [7, 11) is 0. The maximum Gasteiger partial charge on any atom is 0.308 e. The monoisotopic (exact) mass is 719 g/mol. The van der Waals surface area contributed by atoms with Crippen LogP contribution in [0, 0.1) is 15.9 Å². The van der Waals surface area contributed by atoms with Gasteiger partial charge in [-0.1, -0.05) is 62.4 Å². The lowest BCUT2D eigenvalue weighted by Gasteiger charge is -2.20. The van der Waals surface area contributed by atoms with Gasteiger partial charge in [0.1, 0.15) is 5.82 Å². The van der Waals surface area contributed by atoms with Gasteiger partial charge in [-0.05, 0) is 72.7 Å². The summed E-state index contributed by atoms with van der Waals surface area (Å²) in [6.45, 7) is 4.79. The first-order valence-corrected chi connectivity index (χ1v) is 17.4. The topological polar surface area (TPSA) is 162 Å². The van der Waals surface area contributed by atoms with Crippen molar-refractivity contribution in [1.82, 2.24) is 4.57 Å². The van der Waals surface area contributed by atoms with Gasteiger partial charge in [-0.15, -0.1) is 10.1 Å². The second-order valence-corrected chi connectivity index (χ2v) is 12.6. The lowest BCUT2D eigenvalue weighted by atomic mass is 9.94. The fourth-order valence-electron chi connectivity index (χ4n) is 6.00. The maximum atomic E-state index is 14.2. The molecule has 0 aliphatic carbocycles. The van der Waals surface area contributed by atoms with Crippen LogP contribution in [0.5, 0.6) is 0 Å². The summed E-state index contributed by atoms with van der Waals surface area (Å²) in [6.07, 6.45) is -1.60. The number of aliphatic hydroxyl groups is 2. The van der Waals surface area contributed by atoms with Gasteiger partial charge in [0.25, 0.3) is 11.0 Å². The number of rotatable bonds is 21. The number of carbonyl (C=O) groups excluding carboxylic acids is 2. The van der Waals surface area contributed by atoms with Crippen LogP contribution in [0.25, 0.3) is 22.4 Å². The number of benzene rings is 3. The van der Waals surface area contributed by atoms with Crippen molar-refractivity contribution in [2.45, 2.75) is 70.6 Å². The average Bonchev–Trinajstić information content (AvgIpc) is 3.46. The van der Waals surface area contributed by atoms with Crippen LogP contribution in [-0.2, 0) is 25.7 Å². The molecule has 13 heteroatoms. The number of aliphatic hydroxyl groups excluding tert-OH is 2. The van der Waals surface area contributed by atoms with E-state index in [2.05, 4.69) is 10.2 Å². The molecule has 0 radical (unpaired) electrons. The minimum absolute atomic E-state index is 0.0624. The van der Waals surface area contributed by atoms with Gasteiger partial charge in [0.2, 0.25) is 0 Å². The van der Waals surface area contributed by atoms with Crippen LogP contribution < -0.4 is 5.32 Å². The Kier molecular flexibility index (Phi) is 15.3. The minimum Gasteiger partial charge on any atom is -0.466 e. The Morgan fingerprint density at radius 2 is 1.50 bits per heavy atom. The van der Waals surface area contributed by atoms with Crippen molar-refractivity contribution >= 4 is 17.6 Å². The van der Waals surface area contributed by atoms with Crippen molar-refractivity contribution in [3.63, 3.8) is 0 Å². The molecule has 1 aromatic heterocycles. The molecule has 0 saturated carbocycles. The van der Waals surface area contributed by atoms with E-state index in [1.807, 2.05) is 79.1 Å². The van der Waals surface area contributed by atoms with Gasteiger partial charge in [-0.3, -0.25) is 9.59 Å². The Labute approximate surface area is 302 Å². The van der Waals surface area contributed by atoms with Crippen molar-refractivity contribution in [3.05, 3.63) is 112 Å². The second-order valence-electron chi connectivity index (χ2n) is 12.6.